The van der Waals surface area contributed by atoms with Gasteiger partial charge in [0.05, 0.1) is 5.16 Å². The van der Waals surface area contributed by atoms with Gasteiger partial charge in [0, 0.05) is 0 Å². The third kappa shape index (κ3) is 2.15. The molecule has 0 bridgehead atoms. The molecule has 10 heavy (non-hydrogen) atoms. The Balaban J connectivity index is 2.56. The summed E-state index contributed by atoms with van der Waals surface area (Å²) in [6, 6.07) is 0. The van der Waals surface area contributed by atoms with E-state index < -0.39 is 0 Å². The maximum Gasteiger partial charge on any atom is 0.125 e. The highest BCUT2D eigenvalue weighted by Gasteiger charge is 2.27. The van der Waals surface area contributed by atoms with Gasteiger partial charge in [-0.05, 0) is 25.1 Å². The van der Waals surface area contributed by atoms with Crippen LogP contribution in [0, 0.1) is 0 Å². The first-order chi connectivity index (χ1) is 4.77. The molecule has 0 amide bonds. The van der Waals surface area contributed by atoms with Gasteiger partial charge in [0.1, 0.15) is 4.45 Å². The molecule has 1 aliphatic rings. The Hall–Kier alpha value is 0.280. The smallest absolute Gasteiger partial charge is 0.125 e. The molecule has 1 aliphatic carbocycles. The van der Waals surface area contributed by atoms with Crippen LogP contribution in [-0.2, 0) is 0 Å². The summed E-state index contributed by atoms with van der Waals surface area (Å²) >= 11 is 8.12. The summed E-state index contributed by atoms with van der Waals surface area (Å²) in [7, 11) is 0. The first-order valence-electron chi connectivity index (χ1n) is 3.55. The van der Waals surface area contributed by atoms with E-state index in [-0.39, 0.29) is 4.45 Å². The van der Waals surface area contributed by atoms with E-state index in [0.717, 1.165) is 12.8 Å². The molecule has 56 valence electrons. The molecule has 0 N–H and O–H groups in total. The van der Waals surface area contributed by atoms with Crippen LogP contribution in [0.25, 0.3) is 0 Å². The average Bonchev–Trinajstić information content (AvgIpc) is 1.89. The van der Waals surface area contributed by atoms with E-state index >= 15 is 0 Å². The Kier molecular flexibility index (Phi) is 3.02. The lowest BCUT2D eigenvalue weighted by molar-refractivity contribution is 0.419. The summed E-state index contributed by atoms with van der Waals surface area (Å²) in [6.07, 6.45) is 6.06. The molecular formula is C7H10BrNS. The molecule has 0 aliphatic heterocycles. The van der Waals surface area contributed by atoms with Gasteiger partial charge in [-0.3, -0.25) is 0 Å². The van der Waals surface area contributed by atoms with Crippen LogP contribution in [-0.4, -0.2) is 9.61 Å². The topological polar surface area (TPSA) is 12.4 Å². The number of hydrogen-bond acceptors (Lipinski definition) is 2. The van der Waals surface area contributed by atoms with Gasteiger partial charge in [-0.2, -0.15) is 0 Å². The van der Waals surface area contributed by atoms with Crippen LogP contribution in [0.5, 0.6) is 0 Å². The summed E-state index contributed by atoms with van der Waals surface area (Å²) in [5.41, 5.74) is 0. The van der Waals surface area contributed by atoms with Crippen molar-refractivity contribution in [2.24, 2.45) is 4.99 Å². The molecule has 1 saturated carbocycles. The van der Waals surface area contributed by atoms with Gasteiger partial charge in [0.2, 0.25) is 0 Å². The van der Waals surface area contributed by atoms with E-state index in [1.54, 1.807) is 0 Å². The zero-order chi connectivity index (χ0) is 7.45. The van der Waals surface area contributed by atoms with Gasteiger partial charge in [-0.1, -0.05) is 35.2 Å². The number of isothiocyanates is 1. The van der Waals surface area contributed by atoms with Crippen molar-refractivity contribution in [1.29, 1.82) is 0 Å². The normalized spacial score (nSPS) is 23.3. The molecule has 0 aromatic carbocycles. The minimum atomic E-state index is -0.0486. The van der Waals surface area contributed by atoms with Crippen molar-refractivity contribution >= 4 is 33.3 Å². The Morgan fingerprint density at radius 1 is 1.30 bits per heavy atom. The molecule has 0 radical (unpaired) electrons. The van der Waals surface area contributed by atoms with Crippen molar-refractivity contribution in [1.82, 2.24) is 0 Å². The Bertz CT molecular complexity index is 157. The van der Waals surface area contributed by atoms with Crippen molar-refractivity contribution in [2.45, 2.75) is 36.6 Å². The van der Waals surface area contributed by atoms with Crippen LogP contribution >= 0.6 is 28.1 Å². The minimum Gasteiger partial charge on any atom is -0.214 e. The van der Waals surface area contributed by atoms with Crippen molar-refractivity contribution in [3.05, 3.63) is 0 Å². The van der Waals surface area contributed by atoms with E-state index in [0.29, 0.717) is 0 Å². The number of halogens is 1. The van der Waals surface area contributed by atoms with Crippen LogP contribution in [0.1, 0.15) is 32.1 Å². The SMILES string of the molecule is S=C=NC1(Br)CCCCC1. The number of thiocarbonyl (C=S) groups is 1. The fourth-order valence-electron chi connectivity index (χ4n) is 1.29. The summed E-state index contributed by atoms with van der Waals surface area (Å²) in [6.45, 7) is 0. The van der Waals surface area contributed by atoms with Crippen LogP contribution < -0.4 is 0 Å². The molecule has 0 spiro atoms. The second-order valence-corrected chi connectivity index (χ2v) is 4.34. The van der Waals surface area contributed by atoms with Gasteiger partial charge in [-0.25, -0.2) is 4.99 Å². The second kappa shape index (κ2) is 3.61. The first kappa shape index (κ1) is 8.38. The predicted octanol–water partition coefficient (Wildman–Crippen LogP) is 3.14. The standard InChI is InChI=1S/C7H10BrNS/c8-7(9-6-10)4-2-1-3-5-7/h1-5H2. The van der Waals surface area contributed by atoms with Crippen molar-refractivity contribution in [3.63, 3.8) is 0 Å². The van der Waals surface area contributed by atoms with Gasteiger partial charge in [-0.15, -0.1) is 0 Å². The van der Waals surface area contributed by atoms with Crippen molar-refractivity contribution in [3.8, 4) is 0 Å². The lowest BCUT2D eigenvalue weighted by atomic mass is 9.96. The molecule has 0 saturated heterocycles. The molecule has 0 unspecified atom stereocenters. The quantitative estimate of drug-likeness (QED) is 0.286. The summed E-state index contributed by atoms with van der Waals surface area (Å²) in [4.78, 5) is 4.10. The molecular weight excluding hydrogens is 210 g/mol. The zero-order valence-corrected chi connectivity index (χ0v) is 8.17. The number of alkyl halides is 1. The Morgan fingerprint density at radius 3 is 2.40 bits per heavy atom. The number of hydrogen-bond donors (Lipinski definition) is 0. The van der Waals surface area contributed by atoms with Crippen LogP contribution in [0.15, 0.2) is 4.99 Å². The van der Waals surface area contributed by atoms with Gasteiger partial charge < -0.3 is 0 Å². The third-order valence-electron chi connectivity index (χ3n) is 1.87. The summed E-state index contributed by atoms with van der Waals surface area (Å²) < 4.78 is -0.0486. The van der Waals surface area contributed by atoms with Gasteiger partial charge >= 0.3 is 0 Å². The molecule has 1 rings (SSSR count). The fraction of sp³-hybridized carbons (Fsp3) is 0.857. The Labute approximate surface area is 75.0 Å². The van der Waals surface area contributed by atoms with E-state index in [1.165, 1.54) is 19.3 Å². The lowest BCUT2D eigenvalue weighted by Crippen LogP contribution is -2.20. The molecule has 3 heteroatoms. The number of nitrogens with zero attached hydrogens (tertiary/aromatic N) is 1. The minimum absolute atomic E-state index is 0.0486. The van der Waals surface area contributed by atoms with E-state index in [1.807, 2.05) is 0 Å². The zero-order valence-electron chi connectivity index (χ0n) is 5.77. The van der Waals surface area contributed by atoms with Gasteiger partial charge in [0.15, 0.2) is 0 Å². The van der Waals surface area contributed by atoms with Crippen LogP contribution in [0.2, 0.25) is 0 Å². The third-order valence-corrected chi connectivity index (χ3v) is 2.93. The molecule has 1 nitrogen and oxygen atoms in total. The highest BCUT2D eigenvalue weighted by atomic mass is 79.9. The Morgan fingerprint density at radius 2 is 1.90 bits per heavy atom. The van der Waals surface area contributed by atoms with E-state index in [4.69, 9.17) is 0 Å². The molecule has 0 atom stereocenters. The largest absolute Gasteiger partial charge is 0.214 e. The maximum atomic E-state index is 4.56. The van der Waals surface area contributed by atoms with E-state index in [2.05, 4.69) is 38.3 Å². The molecule has 1 fully saturated rings. The summed E-state index contributed by atoms with van der Waals surface area (Å²) in [5.74, 6) is 0. The molecule has 0 aromatic rings. The number of aliphatic imine (C=N–C) groups is 1. The molecule has 0 aromatic heterocycles. The van der Waals surface area contributed by atoms with E-state index in [9.17, 15) is 0 Å². The summed E-state index contributed by atoms with van der Waals surface area (Å²) in [5, 5.41) is 2.44. The monoisotopic (exact) mass is 219 g/mol. The second-order valence-electron chi connectivity index (χ2n) is 2.68. The van der Waals surface area contributed by atoms with Crippen molar-refractivity contribution in [2.75, 3.05) is 0 Å². The maximum absolute atomic E-state index is 4.56. The molecule has 0 heterocycles. The van der Waals surface area contributed by atoms with Crippen LogP contribution in [0.3, 0.4) is 0 Å². The number of rotatable bonds is 1. The van der Waals surface area contributed by atoms with Gasteiger partial charge in [0.25, 0.3) is 0 Å². The lowest BCUT2D eigenvalue weighted by Gasteiger charge is -2.25. The fourth-order valence-corrected chi connectivity index (χ4v) is 2.23. The highest BCUT2D eigenvalue weighted by molar-refractivity contribution is 9.10. The van der Waals surface area contributed by atoms with Crippen LogP contribution in [0.4, 0.5) is 0 Å². The average molecular weight is 220 g/mol. The first-order valence-corrected chi connectivity index (χ1v) is 4.75. The highest BCUT2D eigenvalue weighted by Crippen LogP contribution is 2.36. The predicted molar refractivity (Wildman–Crippen MR) is 49.8 cm³/mol. The van der Waals surface area contributed by atoms with Crippen molar-refractivity contribution < 1.29 is 0 Å².